The van der Waals surface area contributed by atoms with Crippen LogP contribution in [0.1, 0.15) is 201 Å². The van der Waals surface area contributed by atoms with Crippen molar-refractivity contribution in [1.29, 1.82) is 0 Å². The molecule has 0 aliphatic carbocycles. The number of amides is 7. The molecule has 0 bridgehead atoms. The Bertz CT molecular complexity index is 2500. The standard InChI is InChI=1S/C76H140N7O30P/c1-52-67(95)70(98)57(45-84)111-73(52)107-37-17-13-23-60(88)77-31-20-34-80-63(91)27-40-104-49-76(30-16-11-9-7-5-4-6-8-10-12-26-66(94)83-44-56(87)43-55(83)48-110-114(101,102)103,50-105-41-28-64(92)81-35-21-32-78-61(89)24-14-18-38-108-74-53(2)68(96)71(99)58(46-85)112-74)51-106-42-29-65(93)82-36-22-33-79-62(90)25-15-19-39-109-75-54(3)69(97)72(100)59(47-86)113-75/h52-59,67-75,84-87,95-100H,4-51H2,1-3H3,(H,77,88)(H,78,89)(H,79,90)(H,80,91)(H,81,92)(H,82,93)(H2,101,102,103)/t52?,53?,54?,55-,56+,57?,58?,59?,67?,68?,69?,70?,71?,72?,73?,74?,75?,76?/m0/s1. The minimum absolute atomic E-state index is 0.0197. The molecule has 0 aromatic carbocycles. The van der Waals surface area contributed by atoms with Gasteiger partial charge in [-0.2, -0.15) is 0 Å². The van der Waals surface area contributed by atoms with Gasteiger partial charge < -0.3 is 140 Å². The van der Waals surface area contributed by atoms with E-state index in [9.17, 15) is 89.2 Å². The van der Waals surface area contributed by atoms with Crippen LogP contribution in [0.25, 0.3) is 0 Å². The number of likely N-dealkylation sites (tertiary alicyclic amines) is 1. The van der Waals surface area contributed by atoms with Crippen LogP contribution in [0.4, 0.5) is 0 Å². The first-order valence-corrected chi connectivity index (χ1v) is 42.9. The van der Waals surface area contributed by atoms with Gasteiger partial charge in [0.1, 0.15) is 36.6 Å². The summed E-state index contributed by atoms with van der Waals surface area (Å²) in [5.74, 6) is -3.09. The molecule has 18 N–H and O–H groups in total. The van der Waals surface area contributed by atoms with E-state index in [4.69, 9.17) is 52.4 Å². The van der Waals surface area contributed by atoms with Gasteiger partial charge in [0.25, 0.3) is 0 Å². The van der Waals surface area contributed by atoms with Crippen molar-refractivity contribution in [2.45, 2.75) is 287 Å². The third kappa shape index (κ3) is 41.6. The third-order valence-electron chi connectivity index (χ3n) is 20.9. The molecule has 17 atom stereocenters. The summed E-state index contributed by atoms with van der Waals surface area (Å²) in [7, 11) is -4.73. The van der Waals surface area contributed by atoms with Crippen molar-refractivity contribution in [2.24, 2.45) is 23.2 Å². The fourth-order valence-corrected chi connectivity index (χ4v) is 14.1. The van der Waals surface area contributed by atoms with E-state index in [0.717, 1.165) is 57.8 Å². The number of aliphatic hydroxyl groups excluding tert-OH is 10. The second-order valence-electron chi connectivity index (χ2n) is 30.7. The van der Waals surface area contributed by atoms with Gasteiger partial charge in [0.05, 0.1) is 96.5 Å². The lowest BCUT2D eigenvalue weighted by Gasteiger charge is -2.40. The van der Waals surface area contributed by atoms with Crippen LogP contribution in [0.15, 0.2) is 0 Å². The average molecular weight is 1660 g/mol. The lowest BCUT2D eigenvalue weighted by Crippen LogP contribution is -2.55. The van der Waals surface area contributed by atoms with E-state index >= 15 is 0 Å². The predicted octanol–water partition coefficient (Wildman–Crippen LogP) is -0.401. The minimum Gasteiger partial charge on any atom is -0.394 e. The number of unbranched alkanes of at least 4 members (excludes halogenated alkanes) is 12. The van der Waals surface area contributed by atoms with Gasteiger partial charge in [0, 0.05) is 134 Å². The number of phosphoric ester groups is 1. The fourth-order valence-electron chi connectivity index (χ4n) is 13.7. The number of rotatable bonds is 64. The van der Waals surface area contributed by atoms with Crippen LogP contribution < -0.4 is 31.9 Å². The van der Waals surface area contributed by atoms with Gasteiger partial charge in [-0.15, -0.1) is 0 Å². The molecule has 4 rings (SSSR count). The Hall–Kier alpha value is -4.36. The summed E-state index contributed by atoms with van der Waals surface area (Å²) in [4.78, 5) is 110. The Balaban J connectivity index is 1.26. The summed E-state index contributed by atoms with van der Waals surface area (Å²) in [5.41, 5.74) is -0.792. The molecule has 38 heteroatoms. The molecule has 4 saturated heterocycles. The molecule has 0 aromatic heterocycles. The third-order valence-corrected chi connectivity index (χ3v) is 21.4. The van der Waals surface area contributed by atoms with Gasteiger partial charge in [-0.1, -0.05) is 78.6 Å². The van der Waals surface area contributed by atoms with Gasteiger partial charge in [-0.25, -0.2) is 4.57 Å². The molecular formula is C76H140N7O30P. The molecule has 0 spiro atoms. The van der Waals surface area contributed by atoms with Crippen molar-refractivity contribution in [3.63, 3.8) is 0 Å². The first-order chi connectivity index (χ1) is 54.6. The van der Waals surface area contributed by atoms with Gasteiger partial charge in [0.15, 0.2) is 18.9 Å². The van der Waals surface area contributed by atoms with Crippen molar-refractivity contribution in [3.8, 4) is 0 Å². The molecule has 4 fully saturated rings. The Kier molecular flexibility index (Phi) is 52.4. The number of nitrogens with one attached hydrogen (secondary N) is 6. The number of ether oxygens (including phenoxy) is 9. The molecule has 37 nitrogen and oxygen atoms in total. The largest absolute Gasteiger partial charge is 0.469 e. The maximum atomic E-state index is 13.1. The number of hydrogen-bond donors (Lipinski definition) is 18. The van der Waals surface area contributed by atoms with Crippen LogP contribution in [0.2, 0.25) is 0 Å². The summed E-state index contributed by atoms with van der Waals surface area (Å²) in [6.45, 7) is 6.32. The van der Waals surface area contributed by atoms with Crippen molar-refractivity contribution in [1.82, 2.24) is 36.8 Å². The minimum atomic E-state index is -4.73. The maximum absolute atomic E-state index is 13.1. The van der Waals surface area contributed by atoms with E-state index in [1.165, 1.54) is 4.90 Å². The van der Waals surface area contributed by atoms with Crippen LogP contribution in [-0.4, -0.2) is 325 Å². The lowest BCUT2D eigenvalue weighted by atomic mass is 9.84. The Labute approximate surface area is 670 Å². The molecule has 15 unspecified atom stereocenters. The molecule has 0 saturated carbocycles. The number of carbonyl (C=O) groups is 7. The zero-order chi connectivity index (χ0) is 83.7. The van der Waals surface area contributed by atoms with Crippen LogP contribution >= 0.6 is 7.82 Å². The van der Waals surface area contributed by atoms with E-state index in [-0.39, 0.29) is 165 Å². The predicted molar refractivity (Wildman–Crippen MR) is 410 cm³/mol. The fraction of sp³-hybridized carbons (Fsp3) is 0.908. The number of aliphatic hydroxyl groups is 10. The smallest absolute Gasteiger partial charge is 0.394 e. The van der Waals surface area contributed by atoms with Gasteiger partial charge in [-0.3, -0.25) is 38.1 Å². The van der Waals surface area contributed by atoms with Gasteiger partial charge >= 0.3 is 7.82 Å². The summed E-state index contributed by atoms with van der Waals surface area (Å²) in [6, 6.07) is -0.609. The highest BCUT2D eigenvalue weighted by Gasteiger charge is 2.45. The topological polar surface area (TPSA) is 547 Å². The molecule has 0 radical (unpaired) electrons. The normalized spacial score (nSPS) is 26.4. The number of hydrogen-bond acceptors (Lipinski definition) is 28. The summed E-state index contributed by atoms with van der Waals surface area (Å²) < 4.78 is 68.7. The molecule has 664 valence electrons. The maximum Gasteiger partial charge on any atom is 0.469 e. The van der Waals surface area contributed by atoms with E-state index in [1.54, 1.807) is 20.8 Å². The van der Waals surface area contributed by atoms with Gasteiger partial charge in [-0.05, 0) is 77.0 Å². The monoisotopic (exact) mass is 1660 g/mol. The van der Waals surface area contributed by atoms with E-state index in [1.807, 2.05) is 0 Å². The Morgan fingerprint density at radius 2 is 0.693 bits per heavy atom. The summed E-state index contributed by atoms with van der Waals surface area (Å²) in [5, 5.41) is 117. The first-order valence-electron chi connectivity index (χ1n) is 41.4. The van der Waals surface area contributed by atoms with Crippen molar-refractivity contribution in [3.05, 3.63) is 0 Å². The Morgan fingerprint density at radius 3 is 1.01 bits per heavy atom. The summed E-state index contributed by atoms with van der Waals surface area (Å²) >= 11 is 0. The second-order valence-corrected chi connectivity index (χ2v) is 31.9. The molecule has 7 amide bonds. The second kappa shape index (κ2) is 58.5. The zero-order valence-corrected chi connectivity index (χ0v) is 68.3. The molecule has 4 heterocycles. The first kappa shape index (κ1) is 102. The zero-order valence-electron chi connectivity index (χ0n) is 67.4. The SMILES string of the molecule is CC1C(OCCCCC(=O)NCCCNC(=O)CCOCC(CCCCCCCCCCCCC(=O)N2C[C@H](O)C[C@H]2COP(=O)(O)O)(COCCC(=O)NCCCNC(=O)CCCCOC2OC(CO)C(O)C(O)C2C)COCCC(=O)NCCCNC(=O)CCCCOC2OC(CO)C(O)C(O)C2C)OC(CO)C(O)C1O. The summed E-state index contributed by atoms with van der Waals surface area (Å²) in [6.07, 6.45) is 1.89. The molecule has 4 aliphatic heterocycles. The number of β-amino-alcohol motifs (C(OH)–C–C–N with tert-alkyl or cyclic N) is 1. The molecular weight excluding hydrogens is 1520 g/mol. The van der Waals surface area contributed by atoms with Crippen LogP contribution in [0.3, 0.4) is 0 Å². The average Bonchev–Trinajstić information content (AvgIpc) is 0.886. The van der Waals surface area contributed by atoms with E-state index < -0.39 is 137 Å². The number of nitrogens with zero attached hydrogens (tertiary/aromatic N) is 1. The van der Waals surface area contributed by atoms with Crippen molar-refractivity contribution >= 4 is 49.2 Å². The molecule has 0 aromatic rings. The number of phosphoric acid groups is 1. The van der Waals surface area contributed by atoms with E-state index in [2.05, 4.69) is 36.4 Å². The quantitative estimate of drug-likeness (QED) is 0.0272. The highest BCUT2D eigenvalue weighted by molar-refractivity contribution is 7.46. The Morgan fingerprint density at radius 1 is 0.395 bits per heavy atom. The van der Waals surface area contributed by atoms with Gasteiger partial charge in [0.2, 0.25) is 41.4 Å². The van der Waals surface area contributed by atoms with E-state index in [0.29, 0.717) is 110 Å². The van der Waals surface area contributed by atoms with Crippen molar-refractivity contribution < 1.29 is 146 Å². The molecule has 4 aliphatic rings. The van der Waals surface area contributed by atoms with Crippen LogP contribution in [0.5, 0.6) is 0 Å². The lowest BCUT2D eigenvalue weighted by molar-refractivity contribution is -0.282. The molecule has 114 heavy (non-hydrogen) atoms. The highest BCUT2D eigenvalue weighted by atomic mass is 31.2. The van der Waals surface area contributed by atoms with Crippen LogP contribution in [-0.2, 0) is 85.3 Å². The van der Waals surface area contributed by atoms with Crippen LogP contribution in [0, 0.1) is 23.2 Å². The highest BCUT2D eigenvalue weighted by Crippen LogP contribution is 2.38. The number of carbonyl (C=O) groups excluding carboxylic acids is 7. The van der Waals surface area contributed by atoms with Crippen molar-refractivity contribution in [2.75, 3.05) is 132 Å².